The molecule has 16 heavy (non-hydrogen) atoms. The molecule has 0 aromatic carbocycles. The Morgan fingerprint density at radius 3 is 2.75 bits per heavy atom. The van der Waals surface area contributed by atoms with Crippen LogP contribution in [0.1, 0.15) is 35.6 Å². The van der Waals surface area contributed by atoms with Gasteiger partial charge in [-0.1, -0.05) is 13.8 Å². The van der Waals surface area contributed by atoms with Gasteiger partial charge in [-0.05, 0) is 29.9 Å². The van der Waals surface area contributed by atoms with Crippen LogP contribution < -0.4 is 0 Å². The van der Waals surface area contributed by atoms with Gasteiger partial charge < -0.3 is 9.47 Å². The van der Waals surface area contributed by atoms with Crippen molar-refractivity contribution < 1.29 is 4.79 Å². The minimum atomic E-state index is 0.179. The summed E-state index contributed by atoms with van der Waals surface area (Å²) in [5, 5.41) is 0. The van der Waals surface area contributed by atoms with E-state index in [1.54, 1.807) is 0 Å². The summed E-state index contributed by atoms with van der Waals surface area (Å²) in [5.41, 5.74) is 4.07. The van der Waals surface area contributed by atoms with Gasteiger partial charge in [0.1, 0.15) is 5.69 Å². The average Bonchev–Trinajstić information content (AvgIpc) is 2.64. The quantitative estimate of drug-likeness (QED) is 0.650. The molecule has 0 N–H and O–H groups in total. The van der Waals surface area contributed by atoms with Gasteiger partial charge in [-0.25, -0.2) is 0 Å². The van der Waals surface area contributed by atoms with Gasteiger partial charge in [0.15, 0.2) is 0 Å². The molecule has 3 nitrogen and oxygen atoms in total. The fourth-order valence-electron chi connectivity index (χ4n) is 3.02. The van der Waals surface area contributed by atoms with Gasteiger partial charge in [-0.15, -0.1) is 0 Å². The van der Waals surface area contributed by atoms with Crippen LogP contribution in [0, 0.1) is 5.41 Å². The van der Waals surface area contributed by atoms with E-state index in [9.17, 15) is 4.79 Å². The molecule has 3 heteroatoms. The lowest BCUT2D eigenvalue weighted by Gasteiger charge is -2.26. The van der Waals surface area contributed by atoms with Gasteiger partial charge in [-0.2, -0.15) is 0 Å². The highest BCUT2D eigenvalue weighted by Crippen LogP contribution is 2.38. The predicted octanol–water partition coefficient (Wildman–Crippen LogP) is 1.70. The smallest absolute Gasteiger partial charge is 0.270 e. The summed E-state index contributed by atoms with van der Waals surface area (Å²) in [7, 11) is 1.88. The first kappa shape index (κ1) is 9.94. The van der Waals surface area contributed by atoms with Crippen LogP contribution in [0.3, 0.4) is 0 Å². The van der Waals surface area contributed by atoms with Crippen LogP contribution in [-0.4, -0.2) is 29.0 Å². The molecule has 2 aliphatic rings. The Morgan fingerprint density at radius 2 is 2.00 bits per heavy atom. The van der Waals surface area contributed by atoms with Crippen LogP contribution in [0.2, 0.25) is 0 Å². The molecule has 0 radical (unpaired) electrons. The number of aromatic nitrogens is 1. The number of carbonyl (C=O) groups is 1. The Hall–Kier alpha value is -1.25. The number of rotatable bonds is 0. The maximum atomic E-state index is 12.0. The molecule has 3 rings (SSSR count). The van der Waals surface area contributed by atoms with Crippen molar-refractivity contribution in [3.05, 3.63) is 23.0 Å². The first-order valence-corrected chi connectivity index (χ1v) is 5.95. The molecule has 0 unspecified atom stereocenters. The standard InChI is InChI=1S/C13H18N2O/c1-13(2)7-9-6-10-12(16)14(3)4-5-15(10)11(9)8-13/h6H,4-5,7-8H2,1-3H3. The molecule has 0 spiro atoms. The lowest BCUT2D eigenvalue weighted by Crippen LogP contribution is -2.37. The zero-order chi connectivity index (χ0) is 11.5. The third-order valence-corrected chi connectivity index (χ3v) is 3.84. The minimum absolute atomic E-state index is 0.179. The Morgan fingerprint density at radius 1 is 1.25 bits per heavy atom. The summed E-state index contributed by atoms with van der Waals surface area (Å²) in [6, 6.07) is 2.11. The van der Waals surface area contributed by atoms with Crippen molar-refractivity contribution in [3.8, 4) is 0 Å². The second-order valence-electron chi connectivity index (χ2n) is 5.90. The summed E-state index contributed by atoms with van der Waals surface area (Å²) in [6.45, 7) is 6.41. The molecule has 1 aliphatic heterocycles. The lowest BCUT2D eigenvalue weighted by molar-refractivity contribution is 0.0747. The van der Waals surface area contributed by atoms with Gasteiger partial charge in [0.25, 0.3) is 5.91 Å². The van der Waals surface area contributed by atoms with E-state index in [4.69, 9.17) is 0 Å². The lowest BCUT2D eigenvalue weighted by atomic mass is 9.90. The largest absolute Gasteiger partial charge is 0.339 e. The van der Waals surface area contributed by atoms with Crippen molar-refractivity contribution in [2.24, 2.45) is 5.41 Å². The Balaban J connectivity index is 2.08. The molecule has 1 aliphatic carbocycles. The maximum absolute atomic E-state index is 12.0. The number of fused-ring (bicyclic) bond motifs is 3. The van der Waals surface area contributed by atoms with Gasteiger partial charge in [0.2, 0.25) is 0 Å². The monoisotopic (exact) mass is 218 g/mol. The molecule has 1 aromatic heterocycles. The summed E-state index contributed by atoms with van der Waals surface area (Å²) >= 11 is 0. The van der Waals surface area contributed by atoms with Crippen molar-refractivity contribution in [1.82, 2.24) is 9.47 Å². The minimum Gasteiger partial charge on any atom is -0.339 e. The summed E-state index contributed by atoms with van der Waals surface area (Å²) in [6.07, 6.45) is 2.22. The number of amides is 1. The van der Waals surface area contributed by atoms with E-state index in [-0.39, 0.29) is 5.91 Å². The zero-order valence-electron chi connectivity index (χ0n) is 10.2. The molecule has 1 amide bonds. The molecule has 86 valence electrons. The molecule has 0 saturated carbocycles. The van der Waals surface area contributed by atoms with Crippen LogP contribution in [-0.2, 0) is 19.4 Å². The van der Waals surface area contributed by atoms with Crippen molar-refractivity contribution in [3.63, 3.8) is 0 Å². The average molecular weight is 218 g/mol. The normalized spacial score (nSPS) is 22.2. The predicted molar refractivity (Wildman–Crippen MR) is 62.6 cm³/mol. The van der Waals surface area contributed by atoms with E-state index in [1.807, 2.05) is 11.9 Å². The number of nitrogens with zero attached hydrogens (tertiary/aromatic N) is 2. The van der Waals surface area contributed by atoms with Crippen LogP contribution in [0.25, 0.3) is 0 Å². The van der Waals surface area contributed by atoms with Crippen LogP contribution in [0.15, 0.2) is 6.07 Å². The van der Waals surface area contributed by atoms with Gasteiger partial charge in [0, 0.05) is 25.8 Å². The topological polar surface area (TPSA) is 25.2 Å². The fraction of sp³-hybridized carbons (Fsp3) is 0.615. The Bertz CT molecular complexity index is 471. The van der Waals surface area contributed by atoms with E-state index in [2.05, 4.69) is 24.5 Å². The Kier molecular flexibility index (Phi) is 1.80. The number of likely N-dealkylation sites (N-methyl/N-ethyl adjacent to an activating group) is 1. The van der Waals surface area contributed by atoms with E-state index in [0.29, 0.717) is 5.41 Å². The van der Waals surface area contributed by atoms with Crippen LogP contribution in [0.5, 0.6) is 0 Å². The first-order chi connectivity index (χ1) is 7.48. The van der Waals surface area contributed by atoms with Crippen molar-refractivity contribution in [1.29, 1.82) is 0 Å². The van der Waals surface area contributed by atoms with E-state index in [1.165, 1.54) is 11.3 Å². The third kappa shape index (κ3) is 1.24. The second-order valence-corrected chi connectivity index (χ2v) is 5.90. The maximum Gasteiger partial charge on any atom is 0.270 e. The highest BCUT2D eigenvalue weighted by Gasteiger charge is 2.35. The fourth-order valence-corrected chi connectivity index (χ4v) is 3.02. The van der Waals surface area contributed by atoms with E-state index < -0.39 is 0 Å². The summed E-state index contributed by atoms with van der Waals surface area (Å²) in [5.74, 6) is 0.179. The van der Waals surface area contributed by atoms with Crippen LogP contribution in [0.4, 0.5) is 0 Å². The zero-order valence-corrected chi connectivity index (χ0v) is 10.2. The van der Waals surface area contributed by atoms with Gasteiger partial charge in [-0.3, -0.25) is 4.79 Å². The van der Waals surface area contributed by atoms with E-state index >= 15 is 0 Å². The van der Waals surface area contributed by atoms with Gasteiger partial charge in [0.05, 0.1) is 0 Å². The van der Waals surface area contributed by atoms with Crippen molar-refractivity contribution in [2.45, 2.75) is 33.2 Å². The number of carbonyl (C=O) groups excluding carboxylic acids is 1. The molecule has 2 heterocycles. The first-order valence-electron chi connectivity index (χ1n) is 5.95. The third-order valence-electron chi connectivity index (χ3n) is 3.84. The molecule has 1 aromatic rings. The SMILES string of the molecule is CN1CCn2c(cc3c2CC(C)(C)C3)C1=O. The number of hydrogen-bond donors (Lipinski definition) is 0. The molecular formula is C13H18N2O. The molecule has 0 fully saturated rings. The molecule has 0 bridgehead atoms. The summed E-state index contributed by atoms with van der Waals surface area (Å²) in [4.78, 5) is 13.8. The highest BCUT2D eigenvalue weighted by molar-refractivity contribution is 5.93. The molecular weight excluding hydrogens is 200 g/mol. The van der Waals surface area contributed by atoms with E-state index in [0.717, 1.165) is 31.6 Å². The molecule has 0 saturated heterocycles. The van der Waals surface area contributed by atoms with Crippen molar-refractivity contribution >= 4 is 5.91 Å². The van der Waals surface area contributed by atoms with Crippen LogP contribution >= 0.6 is 0 Å². The second kappa shape index (κ2) is 2.90. The number of hydrogen-bond acceptors (Lipinski definition) is 1. The van der Waals surface area contributed by atoms with Gasteiger partial charge >= 0.3 is 0 Å². The highest BCUT2D eigenvalue weighted by atomic mass is 16.2. The van der Waals surface area contributed by atoms with Crippen molar-refractivity contribution in [2.75, 3.05) is 13.6 Å². The molecule has 0 atom stereocenters. The Labute approximate surface area is 96.0 Å². The summed E-state index contributed by atoms with van der Waals surface area (Å²) < 4.78 is 2.24.